The molecule has 0 fully saturated rings. The van der Waals surface area contributed by atoms with Crippen molar-refractivity contribution in [2.45, 2.75) is 32.1 Å². The highest BCUT2D eigenvalue weighted by Gasteiger charge is 2.41. The van der Waals surface area contributed by atoms with Crippen LogP contribution in [-0.2, 0) is 0 Å². The summed E-state index contributed by atoms with van der Waals surface area (Å²) in [5, 5.41) is 1.44. The molecule has 2 nitrogen and oxygen atoms in total. The molecule has 0 aliphatic carbocycles. The Morgan fingerprint density at radius 2 is 2.00 bits per heavy atom. The molecule has 1 atom stereocenters. The summed E-state index contributed by atoms with van der Waals surface area (Å²) in [6.07, 6.45) is -1.66. The summed E-state index contributed by atoms with van der Waals surface area (Å²) in [6, 6.07) is -1.49. The zero-order chi connectivity index (χ0) is 9.35. The summed E-state index contributed by atoms with van der Waals surface area (Å²) < 4.78 is 36.2. The third-order valence-corrected chi connectivity index (χ3v) is 1.64. The van der Waals surface area contributed by atoms with Crippen molar-refractivity contribution in [3.05, 3.63) is 12.3 Å². The molecule has 0 amide bonds. The topological polar surface area (TPSA) is 15.3 Å². The third kappa shape index (κ3) is 1.91. The molecule has 1 heterocycles. The van der Waals surface area contributed by atoms with Gasteiger partial charge in [0.1, 0.15) is 6.04 Å². The van der Waals surface area contributed by atoms with Crippen LogP contribution in [0.1, 0.15) is 13.8 Å². The number of hydrazine groups is 1. The zero-order valence-electron chi connectivity index (χ0n) is 6.89. The standard InChI is InChI=1S/C7H11F3N2/c1-5(2)12-4-3-6(11-12)7(8,9)10/h3-6,11H,1-2H3. The van der Waals surface area contributed by atoms with Gasteiger partial charge in [0.2, 0.25) is 0 Å². The third-order valence-electron chi connectivity index (χ3n) is 1.64. The summed E-state index contributed by atoms with van der Waals surface area (Å²) in [5.41, 5.74) is 2.33. The normalized spacial score (nSPS) is 24.2. The summed E-state index contributed by atoms with van der Waals surface area (Å²) in [6.45, 7) is 3.63. The molecule has 70 valence electrons. The smallest absolute Gasteiger partial charge is 0.313 e. The van der Waals surface area contributed by atoms with Gasteiger partial charge in [-0.3, -0.25) is 0 Å². The van der Waals surface area contributed by atoms with Crippen LogP contribution in [0.4, 0.5) is 13.2 Å². The molecule has 0 aromatic carbocycles. The van der Waals surface area contributed by atoms with Crippen LogP contribution >= 0.6 is 0 Å². The maximum atomic E-state index is 12.1. The number of alkyl halides is 3. The van der Waals surface area contributed by atoms with E-state index in [0.29, 0.717) is 0 Å². The Balaban J connectivity index is 2.54. The minimum atomic E-state index is -4.19. The van der Waals surface area contributed by atoms with Crippen LogP contribution in [0.3, 0.4) is 0 Å². The second kappa shape index (κ2) is 2.97. The lowest BCUT2D eigenvalue weighted by molar-refractivity contribution is -0.150. The van der Waals surface area contributed by atoms with Crippen molar-refractivity contribution < 1.29 is 13.2 Å². The highest BCUT2D eigenvalue weighted by Crippen LogP contribution is 2.24. The van der Waals surface area contributed by atoms with Gasteiger partial charge < -0.3 is 5.01 Å². The Labute approximate surface area is 69.0 Å². The Bertz CT molecular complexity index is 186. The Hall–Kier alpha value is -0.710. The summed E-state index contributed by atoms with van der Waals surface area (Å²) in [5.74, 6) is 0. The van der Waals surface area contributed by atoms with E-state index in [1.807, 2.05) is 13.8 Å². The Morgan fingerprint density at radius 1 is 1.42 bits per heavy atom. The van der Waals surface area contributed by atoms with Crippen molar-refractivity contribution in [2.24, 2.45) is 0 Å². The molecular formula is C7H11F3N2. The van der Waals surface area contributed by atoms with Crippen molar-refractivity contribution >= 4 is 0 Å². The number of nitrogens with one attached hydrogen (secondary N) is 1. The molecule has 1 rings (SSSR count). The summed E-state index contributed by atoms with van der Waals surface area (Å²) >= 11 is 0. The predicted molar refractivity (Wildman–Crippen MR) is 39.1 cm³/mol. The first-order valence-electron chi connectivity index (χ1n) is 3.71. The average Bonchev–Trinajstić information content (AvgIpc) is 2.30. The van der Waals surface area contributed by atoms with Crippen molar-refractivity contribution in [1.82, 2.24) is 10.4 Å². The largest absolute Gasteiger partial charge is 0.409 e. The van der Waals surface area contributed by atoms with E-state index in [2.05, 4.69) is 5.43 Å². The summed E-state index contributed by atoms with van der Waals surface area (Å²) in [4.78, 5) is 0. The predicted octanol–water partition coefficient (Wildman–Crippen LogP) is 1.66. The van der Waals surface area contributed by atoms with Gasteiger partial charge in [-0.1, -0.05) is 0 Å². The first-order valence-corrected chi connectivity index (χ1v) is 3.71. The van der Waals surface area contributed by atoms with Crippen molar-refractivity contribution in [3.8, 4) is 0 Å². The minimum absolute atomic E-state index is 0.0357. The van der Waals surface area contributed by atoms with Gasteiger partial charge in [0.25, 0.3) is 0 Å². The lowest BCUT2D eigenvalue weighted by atomic mass is 10.3. The van der Waals surface area contributed by atoms with Gasteiger partial charge >= 0.3 is 6.18 Å². The molecule has 1 aliphatic heterocycles. The SMILES string of the molecule is CC(C)N1C=CC(C(F)(F)F)N1. The molecule has 12 heavy (non-hydrogen) atoms. The molecular weight excluding hydrogens is 169 g/mol. The molecule has 5 heteroatoms. The summed E-state index contributed by atoms with van der Waals surface area (Å²) in [7, 11) is 0. The molecule has 0 aromatic rings. The van der Waals surface area contributed by atoms with E-state index in [-0.39, 0.29) is 6.04 Å². The number of hydrogen-bond donors (Lipinski definition) is 1. The number of nitrogens with zero attached hydrogens (tertiary/aromatic N) is 1. The van der Waals surface area contributed by atoms with Gasteiger partial charge in [-0.2, -0.15) is 13.2 Å². The first-order chi connectivity index (χ1) is 5.41. The van der Waals surface area contributed by atoms with Crippen molar-refractivity contribution in [2.75, 3.05) is 0 Å². The maximum Gasteiger partial charge on any atom is 0.409 e. The second-order valence-electron chi connectivity index (χ2n) is 2.99. The van der Waals surface area contributed by atoms with Gasteiger partial charge in [0.05, 0.1) is 0 Å². The lowest BCUT2D eigenvalue weighted by Gasteiger charge is -2.24. The Morgan fingerprint density at radius 3 is 2.25 bits per heavy atom. The quantitative estimate of drug-likeness (QED) is 0.660. The minimum Gasteiger partial charge on any atom is -0.313 e. The molecule has 0 saturated carbocycles. The van der Waals surface area contributed by atoms with Gasteiger partial charge in [-0.25, -0.2) is 5.43 Å². The fraction of sp³-hybridized carbons (Fsp3) is 0.714. The molecule has 1 N–H and O–H groups in total. The molecule has 0 aromatic heterocycles. The van der Waals surface area contributed by atoms with E-state index in [9.17, 15) is 13.2 Å². The van der Waals surface area contributed by atoms with E-state index in [0.717, 1.165) is 6.08 Å². The van der Waals surface area contributed by atoms with Gasteiger partial charge in [0, 0.05) is 12.2 Å². The van der Waals surface area contributed by atoms with Crippen molar-refractivity contribution in [3.63, 3.8) is 0 Å². The van der Waals surface area contributed by atoms with Gasteiger partial charge in [0.15, 0.2) is 0 Å². The second-order valence-corrected chi connectivity index (χ2v) is 2.99. The lowest BCUT2D eigenvalue weighted by Crippen LogP contribution is -2.46. The first kappa shape index (κ1) is 9.38. The van der Waals surface area contributed by atoms with E-state index in [1.165, 1.54) is 11.2 Å². The van der Waals surface area contributed by atoms with E-state index >= 15 is 0 Å². The molecule has 1 aliphatic rings. The van der Waals surface area contributed by atoms with Crippen LogP contribution in [0.15, 0.2) is 12.3 Å². The number of hydrogen-bond acceptors (Lipinski definition) is 2. The van der Waals surface area contributed by atoms with Crippen LogP contribution in [0.25, 0.3) is 0 Å². The van der Waals surface area contributed by atoms with E-state index in [4.69, 9.17) is 0 Å². The number of halogens is 3. The molecule has 0 saturated heterocycles. The van der Waals surface area contributed by atoms with Crippen LogP contribution in [0, 0.1) is 0 Å². The van der Waals surface area contributed by atoms with Crippen LogP contribution in [-0.4, -0.2) is 23.3 Å². The monoisotopic (exact) mass is 180 g/mol. The number of rotatable bonds is 1. The molecule has 0 bridgehead atoms. The van der Waals surface area contributed by atoms with Crippen LogP contribution in [0.2, 0.25) is 0 Å². The molecule has 0 spiro atoms. The molecule has 1 unspecified atom stereocenters. The van der Waals surface area contributed by atoms with Crippen LogP contribution in [0.5, 0.6) is 0 Å². The fourth-order valence-electron chi connectivity index (χ4n) is 0.929. The van der Waals surface area contributed by atoms with Crippen LogP contribution < -0.4 is 5.43 Å². The van der Waals surface area contributed by atoms with Crippen molar-refractivity contribution in [1.29, 1.82) is 0 Å². The Kier molecular flexibility index (Phi) is 2.32. The zero-order valence-corrected chi connectivity index (χ0v) is 6.89. The fourth-order valence-corrected chi connectivity index (χ4v) is 0.929. The van der Waals surface area contributed by atoms with Gasteiger partial charge in [-0.05, 0) is 19.9 Å². The molecule has 0 radical (unpaired) electrons. The van der Waals surface area contributed by atoms with E-state index in [1.54, 1.807) is 0 Å². The maximum absolute atomic E-state index is 12.1. The highest BCUT2D eigenvalue weighted by atomic mass is 19.4. The average molecular weight is 180 g/mol. The van der Waals surface area contributed by atoms with E-state index < -0.39 is 12.2 Å². The highest BCUT2D eigenvalue weighted by molar-refractivity contribution is 5.03. The van der Waals surface area contributed by atoms with Gasteiger partial charge in [-0.15, -0.1) is 0 Å².